The number of hydrogen-bond acceptors (Lipinski definition) is 4. The number of hydrogen-bond donors (Lipinski definition) is 4. The SMILES string of the molecule is CC/C(=C\C1C=C[C@H]2C(CC[C@@H]2C)[C@@H]1C(=O)c1ccc[nH]1)C(O)/C(C)=C/C=C\CC(O)CC(=O)O. The number of aliphatic hydroxyl groups is 2. The number of fused-ring (bicyclic) bond motifs is 1. The van der Waals surface area contributed by atoms with Crippen molar-refractivity contribution in [1.82, 2.24) is 4.98 Å². The summed E-state index contributed by atoms with van der Waals surface area (Å²) in [4.78, 5) is 27.3. The highest BCUT2D eigenvalue weighted by Gasteiger charge is 2.45. The Kier molecular flexibility index (Phi) is 9.47. The molecular formula is C29H39NO5. The molecule has 0 aromatic carbocycles. The number of carboxylic acids is 1. The summed E-state index contributed by atoms with van der Waals surface area (Å²) in [7, 11) is 0. The number of aliphatic carboxylic acids is 1. The quantitative estimate of drug-likeness (QED) is 0.200. The van der Waals surface area contributed by atoms with Crippen LogP contribution in [0.2, 0.25) is 0 Å². The highest BCUT2D eigenvalue weighted by molar-refractivity contribution is 5.97. The molecule has 7 atom stereocenters. The molecule has 3 rings (SSSR count). The summed E-state index contributed by atoms with van der Waals surface area (Å²) in [5, 5.41) is 29.5. The van der Waals surface area contributed by atoms with Gasteiger partial charge in [0.15, 0.2) is 5.78 Å². The second kappa shape index (κ2) is 12.3. The molecule has 4 N–H and O–H groups in total. The van der Waals surface area contributed by atoms with E-state index in [-0.39, 0.29) is 30.5 Å². The summed E-state index contributed by atoms with van der Waals surface area (Å²) in [6.07, 6.45) is 14.6. The number of nitrogens with one attached hydrogen (secondary N) is 1. The van der Waals surface area contributed by atoms with Crippen LogP contribution in [0.4, 0.5) is 0 Å². The van der Waals surface area contributed by atoms with E-state index < -0.39 is 18.2 Å². The molecule has 1 aromatic heterocycles. The van der Waals surface area contributed by atoms with Crippen LogP contribution >= 0.6 is 0 Å². The van der Waals surface area contributed by atoms with Crippen LogP contribution in [0.5, 0.6) is 0 Å². The van der Waals surface area contributed by atoms with Crippen molar-refractivity contribution >= 4 is 11.8 Å². The summed E-state index contributed by atoms with van der Waals surface area (Å²) in [5.41, 5.74) is 2.27. The van der Waals surface area contributed by atoms with Crippen molar-refractivity contribution in [3.8, 4) is 0 Å². The predicted molar refractivity (Wildman–Crippen MR) is 137 cm³/mol. The minimum atomic E-state index is -1.03. The highest BCUT2D eigenvalue weighted by atomic mass is 16.4. The molecule has 1 heterocycles. The maximum Gasteiger partial charge on any atom is 0.305 e. The molecule has 6 heteroatoms. The van der Waals surface area contributed by atoms with Gasteiger partial charge in [0.05, 0.1) is 24.3 Å². The van der Waals surface area contributed by atoms with Gasteiger partial charge in [-0.1, -0.05) is 50.3 Å². The van der Waals surface area contributed by atoms with Crippen molar-refractivity contribution < 1.29 is 24.9 Å². The number of H-pyrrole nitrogens is 1. The van der Waals surface area contributed by atoms with Crippen LogP contribution in [-0.4, -0.2) is 44.3 Å². The van der Waals surface area contributed by atoms with Gasteiger partial charge in [0.25, 0.3) is 0 Å². The number of rotatable bonds is 11. The number of carboxylic acid groups (broad SMARTS) is 1. The number of allylic oxidation sites excluding steroid dienone is 5. The molecule has 6 nitrogen and oxygen atoms in total. The third-order valence-electron chi connectivity index (χ3n) is 7.62. The highest BCUT2D eigenvalue weighted by Crippen LogP contribution is 2.49. The zero-order chi connectivity index (χ0) is 25.5. The molecule has 2 aliphatic rings. The Morgan fingerprint density at radius 3 is 2.66 bits per heavy atom. The van der Waals surface area contributed by atoms with Crippen LogP contribution in [0.3, 0.4) is 0 Å². The maximum absolute atomic E-state index is 13.6. The van der Waals surface area contributed by atoms with Gasteiger partial charge in [0, 0.05) is 18.0 Å². The first-order valence-corrected chi connectivity index (χ1v) is 12.7. The van der Waals surface area contributed by atoms with E-state index in [0.29, 0.717) is 29.9 Å². The normalized spacial score (nSPS) is 28.8. The second-order valence-corrected chi connectivity index (χ2v) is 10.1. The number of ketones is 1. The second-order valence-electron chi connectivity index (χ2n) is 10.1. The predicted octanol–water partition coefficient (Wildman–Crippen LogP) is 5.09. The van der Waals surface area contributed by atoms with E-state index in [0.717, 1.165) is 24.0 Å². The van der Waals surface area contributed by atoms with Crippen LogP contribution in [0, 0.1) is 29.6 Å². The Morgan fingerprint density at radius 2 is 2.00 bits per heavy atom. The van der Waals surface area contributed by atoms with Crippen LogP contribution < -0.4 is 0 Å². The van der Waals surface area contributed by atoms with Gasteiger partial charge in [0.2, 0.25) is 0 Å². The molecular weight excluding hydrogens is 442 g/mol. The van der Waals surface area contributed by atoms with Gasteiger partial charge >= 0.3 is 5.97 Å². The maximum atomic E-state index is 13.6. The topological polar surface area (TPSA) is 111 Å². The third kappa shape index (κ3) is 6.71. The van der Waals surface area contributed by atoms with Crippen molar-refractivity contribution in [2.75, 3.05) is 0 Å². The zero-order valence-electron chi connectivity index (χ0n) is 20.9. The average molecular weight is 482 g/mol. The van der Waals surface area contributed by atoms with E-state index >= 15 is 0 Å². The molecule has 0 amide bonds. The molecule has 35 heavy (non-hydrogen) atoms. The smallest absolute Gasteiger partial charge is 0.305 e. The fraction of sp³-hybridized carbons (Fsp3) is 0.517. The van der Waals surface area contributed by atoms with Gasteiger partial charge in [-0.05, 0) is 73.6 Å². The van der Waals surface area contributed by atoms with E-state index in [9.17, 15) is 19.8 Å². The Morgan fingerprint density at radius 1 is 1.23 bits per heavy atom. The largest absolute Gasteiger partial charge is 0.481 e. The van der Waals surface area contributed by atoms with E-state index in [2.05, 4.69) is 30.1 Å². The van der Waals surface area contributed by atoms with Crippen LogP contribution in [0.1, 0.15) is 63.4 Å². The van der Waals surface area contributed by atoms with Crippen LogP contribution in [0.15, 0.2) is 65.9 Å². The lowest BCUT2D eigenvalue weighted by Crippen LogP contribution is -2.35. The van der Waals surface area contributed by atoms with E-state index in [1.807, 2.05) is 26.0 Å². The Balaban J connectivity index is 1.79. The molecule has 4 unspecified atom stereocenters. The number of aliphatic hydroxyl groups excluding tert-OH is 2. The average Bonchev–Trinajstić information content (AvgIpc) is 3.49. The van der Waals surface area contributed by atoms with Crippen LogP contribution in [-0.2, 0) is 4.79 Å². The first kappa shape index (κ1) is 26.9. The van der Waals surface area contributed by atoms with Crippen molar-refractivity contribution in [2.24, 2.45) is 29.6 Å². The van der Waals surface area contributed by atoms with Crippen molar-refractivity contribution in [2.45, 2.75) is 65.1 Å². The first-order valence-electron chi connectivity index (χ1n) is 12.7. The lowest BCUT2D eigenvalue weighted by molar-refractivity contribution is -0.139. The van der Waals surface area contributed by atoms with E-state index in [1.54, 1.807) is 24.4 Å². The third-order valence-corrected chi connectivity index (χ3v) is 7.62. The van der Waals surface area contributed by atoms with Gasteiger partial charge in [-0.25, -0.2) is 0 Å². The molecule has 0 saturated heterocycles. The van der Waals surface area contributed by atoms with E-state index in [4.69, 9.17) is 5.11 Å². The summed E-state index contributed by atoms with van der Waals surface area (Å²) >= 11 is 0. The number of aromatic nitrogens is 1. The zero-order valence-corrected chi connectivity index (χ0v) is 20.9. The lowest BCUT2D eigenvalue weighted by atomic mass is 9.67. The number of Topliss-reactive ketones (excluding diaryl/α,β-unsaturated/α-hetero) is 1. The Bertz CT molecular complexity index is 987. The Hall–Kier alpha value is -2.70. The standard InChI is InChI=1S/C29H39NO5/c1-4-20(28(34)19(3)8-5-6-9-22(31)17-26(32)33)16-21-12-14-23-18(2)11-13-24(23)27(21)29(35)25-10-7-15-30-25/h5-8,10,12,14-16,18,21-24,27-28,30-31,34H,4,9,11,13,17H2,1-3H3,(H,32,33)/b6-5-,19-8+,20-16+/t18-,21?,22?,23+,24?,27+,28?/m0/s1. The number of aromatic amines is 1. The monoisotopic (exact) mass is 481 g/mol. The molecule has 0 aliphatic heterocycles. The molecule has 1 fully saturated rings. The summed E-state index contributed by atoms with van der Waals surface area (Å²) in [6, 6.07) is 3.70. The Labute approximate surface area is 208 Å². The summed E-state index contributed by atoms with van der Waals surface area (Å²) in [5.74, 6) is 0.181. The summed E-state index contributed by atoms with van der Waals surface area (Å²) < 4.78 is 0. The molecule has 0 radical (unpaired) electrons. The molecule has 0 bridgehead atoms. The van der Waals surface area contributed by atoms with Crippen molar-refractivity contribution in [3.05, 3.63) is 71.6 Å². The number of carbonyl (C=O) groups is 2. The van der Waals surface area contributed by atoms with Gasteiger partial charge < -0.3 is 20.3 Å². The van der Waals surface area contributed by atoms with Gasteiger partial charge in [-0.2, -0.15) is 0 Å². The molecule has 1 saturated carbocycles. The molecule has 190 valence electrons. The van der Waals surface area contributed by atoms with Crippen LogP contribution in [0.25, 0.3) is 0 Å². The van der Waals surface area contributed by atoms with Crippen molar-refractivity contribution in [1.29, 1.82) is 0 Å². The number of carbonyl (C=O) groups excluding carboxylic acids is 1. The molecule has 0 spiro atoms. The van der Waals surface area contributed by atoms with Crippen molar-refractivity contribution in [3.63, 3.8) is 0 Å². The minimum Gasteiger partial charge on any atom is -0.481 e. The molecule has 1 aromatic rings. The fourth-order valence-corrected chi connectivity index (χ4v) is 5.64. The van der Waals surface area contributed by atoms with Gasteiger partial charge in [0.1, 0.15) is 0 Å². The minimum absolute atomic E-state index is 0.0727. The fourth-order valence-electron chi connectivity index (χ4n) is 5.64. The van der Waals surface area contributed by atoms with Gasteiger partial charge in [-0.3, -0.25) is 9.59 Å². The molecule has 2 aliphatic carbocycles. The van der Waals surface area contributed by atoms with Gasteiger partial charge in [-0.15, -0.1) is 0 Å². The summed E-state index contributed by atoms with van der Waals surface area (Å²) in [6.45, 7) is 6.12. The first-order chi connectivity index (χ1) is 16.7. The van der Waals surface area contributed by atoms with E-state index in [1.165, 1.54) is 0 Å². The lowest BCUT2D eigenvalue weighted by Gasteiger charge is -2.36.